The molecular weight excluding hydrogens is 450 g/mol. The molecule has 10 nitrogen and oxygen atoms in total. The van der Waals surface area contributed by atoms with E-state index in [4.69, 9.17) is 9.47 Å². The van der Waals surface area contributed by atoms with Crippen molar-refractivity contribution >= 4 is 28.9 Å². The number of carbonyl (C=O) groups excluding carboxylic acids is 2. The van der Waals surface area contributed by atoms with Gasteiger partial charge >= 0.3 is 17.7 Å². The summed E-state index contributed by atoms with van der Waals surface area (Å²) in [6.07, 6.45) is 5.02. The van der Waals surface area contributed by atoms with Crippen LogP contribution in [0, 0.1) is 0 Å². The number of methoxy groups -OCH3 is 1. The summed E-state index contributed by atoms with van der Waals surface area (Å²) in [7, 11) is 1.34. The number of rotatable bonds is 13. The Morgan fingerprint density at radius 2 is 1.86 bits per heavy atom. The van der Waals surface area contributed by atoms with Crippen LogP contribution in [0.3, 0.4) is 0 Å². The minimum absolute atomic E-state index is 0.0991. The van der Waals surface area contributed by atoms with Crippen molar-refractivity contribution < 1.29 is 19.1 Å². The second-order valence-corrected chi connectivity index (χ2v) is 8.35. The first-order chi connectivity index (χ1) is 16.9. The molecule has 10 heteroatoms. The molecule has 0 atom stereocenters. The molecule has 188 valence electrons. The van der Waals surface area contributed by atoms with E-state index in [-0.39, 0.29) is 42.4 Å². The zero-order valence-corrected chi connectivity index (χ0v) is 20.6. The first kappa shape index (κ1) is 25.9. The zero-order chi connectivity index (χ0) is 25.2. The van der Waals surface area contributed by atoms with Gasteiger partial charge in [0.1, 0.15) is 5.52 Å². The number of carbonyl (C=O) groups is 2. The lowest BCUT2D eigenvalue weighted by Crippen LogP contribution is -2.18. The second kappa shape index (κ2) is 12.7. The molecule has 0 spiro atoms. The number of imidazole rings is 1. The van der Waals surface area contributed by atoms with Crippen LogP contribution >= 0.6 is 0 Å². The van der Waals surface area contributed by atoms with Crippen molar-refractivity contribution in [2.45, 2.75) is 65.3 Å². The number of aromatic nitrogens is 4. The number of esters is 1. The van der Waals surface area contributed by atoms with Crippen LogP contribution in [0.2, 0.25) is 0 Å². The summed E-state index contributed by atoms with van der Waals surface area (Å²) in [5.41, 5.74) is 1.87. The molecule has 3 rings (SSSR count). The van der Waals surface area contributed by atoms with Gasteiger partial charge in [0.05, 0.1) is 26.7 Å². The van der Waals surface area contributed by atoms with Gasteiger partial charge in [-0.05, 0) is 24.0 Å². The lowest BCUT2D eigenvalue weighted by atomic mass is 10.1. The third kappa shape index (κ3) is 7.14. The topological polar surface area (TPSA) is 128 Å². The van der Waals surface area contributed by atoms with Gasteiger partial charge in [0.25, 0.3) is 0 Å². The van der Waals surface area contributed by atoms with Crippen molar-refractivity contribution in [2.24, 2.45) is 0 Å². The molecule has 35 heavy (non-hydrogen) atoms. The monoisotopic (exact) mass is 483 g/mol. The molecular formula is C25H33N5O5. The minimum atomic E-state index is -0.389. The van der Waals surface area contributed by atoms with E-state index in [0.717, 1.165) is 43.2 Å². The maximum atomic E-state index is 12.9. The van der Waals surface area contributed by atoms with E-state index in [1.807, 2.05) is 31.2 Å². The number of anilines is 1. The van der Waals surface area contributed by atoms with E-state index in [1.54, 1.807) is 0 Å². The van der Waals surface area contributed by atoms with Crippen molar-refractivity contribution in [3.63, 3.8) is 0 Å². The number of H-pyrrole nitrogens is 1. The van der Waals surface area contributed by atoms with Gasteiger partial charge in [0, 0.05) is 6.42 Å². The second-order valence-electron chi connectivity index (χ2n) is 8.35. The molecule has 0 aliphatic carbocycles. The number of amides is 1. The van der Waals surface area contributed by atoms with E-state index in [1.165, 1.54) is 11.7 Å². The molecule has 0 saturated heterocycles. The normalized spacial score (nSPS) is 10.9. The predicted octanol–water partition coefficient (Wildman–Crippen LogP) is 3.58. The van der Waals surface area contributed by atoms with Crippen molar-refractivity contribution in [1.29, 1.82) is 0 Å². The van der Waals surface area contributed by atoms with Crippen molar-refractivity contribution in [1.82, 2.24) is 19.5 Å². The van der Waals surface area contributed by atoms with Crippen LogP contribution in [0.15, 0.2) is 29.1 Å². The number of unbranched alkanes of at least 4 members (excludes halogenated alkanes) is 3. The molecule has 0 aliphatic rings. The van der Waals surface area contributed by atoms with Crippen molar-refractivity contribution in [3.8, 4) is 6.01 Å². The quantitative estimate of drug-likeness (QED) is 0.281. The smallest absolute Gasteiger partial charge is 0.328 e. The van der Waals surface area contributed by atoms with Gasteiger partial charge in [0.15, 0.2) is 11.5 Å². The molecule has 0 fully saturated rings. The maximum Gasteiger partial charge on any atom is 0.328 e. The Kier molecular flexibility index (Phi) is 9.39. The molecule has 0 bridgehead atoms. The average molecular weight is 484 g/mol. The van der Waals surface area contributed by atoms with Crippen LogP contribution in [0.1, 0.15) is 63.5 Å². The fourth-order valence-electron chi connectivity index (χ4n) is 3.61. The molecule has 0 saturated carbocycles. The van der Waals surface area contributed by atoms with Crippen LogP contribution in [-0.4, -0.2) is 45.1 Å². The standard InChI is InChI=1S/C25H33N5O5/c1-4-6-8-12-19(31)26-22-21-23(29-24(28-22)35-13-7-5-2)30(25(33)27-21)16-18-11-9-10-17(14-18)15-20(32)34-3/h9-11,14H,4-8,12-13,15-16H2,1-3H3,(H,27,33)(H,26,28,29,31). The molecule has 0 radical (unpaired) electrons. The third-order valence-electron chi connectivity index (χ3n) is 5.50. The molecule has 0 unspecified atom stereocenters. The number of hydrogen-bond acceptors (Lipinski definition) is 7. The van der Waals surface area contributed by atoms with Gasteiger partial charge in [-0.15, -0.1) is 0 Å². The van der Waals surface area contributed by atoms with Gasteiger partial charge in [-0.2, -0.15) is 9.97 Å². The molecule has 2 aromatic heterocycles. The molecule has 2 heterocycles. The lowest BCUT2D eigenvalue weighted by Gasteiger charge is -2.10. The summed E-state index contributed by atoms with van der Waals surface area (Å²) in [6, 6.07) is 7.46. The molecule has 0 aliphatic heterocycles. The summed E-state index contributed by atoms with van der Waals surface area (Å²) < 4.78 is 11.9. The molecule has 2 N–H and O–H groups in total. The minimum Gasteiger partial charge on any atom is -0.469 e. The van der Waals surface area contributed by atoms with Crippen LogP contribution in [-0.2, 0) is 27.3 Å². The van der Waals surface area contributed by atoms with E-state index >= 15 is 0 Å². The Labute approximate surface area is 204 Å². The largest absolute Gasteiger partial charge is 0.469 e. The van der Waals surface area contributed by atoms with E-state index in [2.05, 4.69) is 27.2 Å². The fraction of sp³-hybridized carbons (Fsp3) is 0.480. The average Bonchev–Trinajstić information content (AvgIpc) is 3.15. The third-order valence-corrected chi connectivity index (χ3v) is 5.50. The van der Waals surface area contributed by atoms with Gasteiger partial charge in [-0.25, -0.2) is 4.79 Å². The molecule has 1 aromatic carbocycles. The van der Waals surface area contributed by atoms with Gasteiger partial charge in [-0.1, -0.05) is 57.4 Å². The number of nitrogens with zero attached hydrogens (tertiary/aromatic N) is 3. The van der Waals surface area contributed by atoms with Crippen LogP contribution in [0.5, 0.6) is 6.01 Å². The Morgan fingerprint density at radius 1 is 1.09 bits per heavy atom. The zero-order valence-electron chi connectivity index (χ0n) is 20.6. The number of nitrogens with one attached hydrogen (secondary N) is 2. The highest BCUT2D eigenvalue weighted by molar-refractivity contribution is 5.97. The van der Waals surface area contributed by atoms with Crippen molar-refractivity contribution in [3.05, 3.63) is 45.9 Å². The Balaban J connectivity index is 1.95. The Hall–Kier alpha value is -3.69. The number of benzene rings is 1. The lowest BCUT2D eigenvalue weighted by molar-refractivity contribution is -0.139. The van der Waals surface area contributed by atoms with E-state index in [0.29, 0.717) is 24.2 Å². The fourth-order valence-corrected chi connectivity index (χ4v) is 3.61. The summed E-state index contributed by atoms with van der Waals surface area (Å²) in [5, 5.41) is 2.81. The molecule has 1 amide bonds. The Bertz CT molecular complexity index is 1220. The first-order valence-electron chi connectivity index (χ1n) is 12.0. The summed E-state index contributed by atoms with van der Waals surface area (Å²) >= 11 is 0. The number of aromatic amines is 1. The first-order valence-corrected chi connectivity index (χ1v) is 12.0. The van der Waals surface area contributed by atoms with Crippen molar-refractivity contribution in [2.75, 3.05) is 19.0 Å². The maximum absolute atomic E-state index is 12.9. The SMILES string of the molecule is CCCCCC(=O)Nc1nc(OCCCC)nc2c1[nH]c(=O)n2Cc1cccc(CC(=O)OC)c1. The highest BCUT2D eigenvalue weighted by Gasteiger charge is 2.18. The number of hydrogen-bond donors (Lipinski definition) is 2. The van der Waals surface area contributed by atoms with E-state index in [9.17, 15) is 14.4 Å². The highest BCUT2D eigenvalue weighted by atomic mass is 16.5. The Morgan fingerprint density at radius 3 is 2.60 bits per heavy atom. The van der Waals surface area contributed by atoms with Crippen LogP contribution in [0.4, 0.5) is 5.82 Å². The number of fused-ring (bicyclic) bond motifs is 1. The highest BCUT2D eigenvalue weighted by Crippen LogP contribution is 2.22. The van der Waals surface area contributed by atoms with Gasteiger partial charge < -0.3 is 19.8 Å². The summed E-state index contributed by atoms with van der Waals surface area (Å²) in [6.45, 7) is 4.76. The van der Waals surface area contributed by atoms with Crippen LogP contribution < -0.4 is 15.7 Å². The predicted molar refractivity (Wildman–Crippen MR) is 133 cm³/mol. The van der Waals surface area contributed by atoms with E-state index < -0.39 is 0 Å². The molecule has 3 aromatic rings. The van der Waals surface area contributed by atoms with Gasteiger partial charge in [-0.3, -0.25) is 14.2 Å². The summed E-state index contributed by atoms with van der Waals surface area (Å²) in [5.74, 6) is -0.298. The van der Waals surface area contributed by atoms with Gasteiger partial charge in [0.2, 0.25) is 5.91 Å². The number of ether oxygens (including phenoxy) is 2. The van der Waals surface area contributed by atoms with Crippen LogP contribution in [0.25, 0.3) is 11.2 Å². The summed E-state index contributed by atoms with van der Waals surface area (Å²) in [4.78, 5) is 48.6.